The van der Waals surface area contributed by atoms with Crippen LogP contribution in [0.25, 0.3) is 0 Å². The molecule has 0 unspecified atom stereocenters. The molecule has 31 heavy (non-hydrogen) atoms. The SMILES string of the molecule is CCCc1ccc([C@H]2CC[C@H](CC[C@H]3CC[C@H](CC/C=C/C=C/C#N)CC3)CC2)cc1. The van der Waals surface area contributed by atoms with Crippen LogP contribution in [0.4, 0.5) is 0 Å². The molecule has 1 heteroatoms. The third kappa shape index (κ3) is 8.33. The average molecular weight is 418 g/mol. The fourth-order valence-corrected chi connectivity index (χ4v) is 5.92. The summed E-state index contributed by atoms with van der Waals surface area (Å²) in [5.41, 5.74) is 3.09. The van der Waals surface area contributed by atoms with E-state index in [9.17, 15) is 0 Å². The summed E-state index contributed by atoms with van der Waals surface area (Å²) in [6.45, 7) is 2.26. The van der Waals surface area contributed by atoms with Crippen molar-refractivity contribution < 1.29 is 0 Å². The lowest BCUT2D eigenvalue weighted by Gasteiger charge is -2.32. The van der Waals surface area contributed by atoms with Crippen molar-refractivity contribution in [2.24, 2.45) is 17.8 Å². The maximum atomic E-state index is 8.49. The highest BCUT2D eigenvalue weighted by Crippen LogP contribution is 2.40. The van der Waals surface area contributed by atoms with Crippen LogP contribution in [0.1, 0.15) is 107 Å². The highest BCUT2D eigenvalue weighted by atomic mass is 14.3. The van der Waals surface area contributed by atoms with Crippen molar-refractivity contribution in [3.8, 4) is 6.07 Å². The fourth-order valence-electron chi connectivity index (χ4n) is 5.92. The van der Waals surface area contributed by atoms with Gasteiger partial charge in [-0.1, -0.05) is 94.4 Å². The molecule has 2 fully saturated rings. The number of nitriles is 1. The van der Waals surface area contributed by atoms with Crippen molar-refractivity contribution in [2.75, 3.05) is 0 Å². The van der Waals surface area contributed by atoms with Gasteiger partial charge < -0.3 is 0 Å². The van der Waals surface area contributed by atoms with Crippen LogP contribution in [-0.4, -0.2) is 0 Å². The molecule has 2 aliphatic rings. The molecule has 0 bridgehead atoms. The van der Waals surface area contributed by atoms with E-state index in [0.717, 1.165) is 30.1 Å². The average Bonchev–Trinajstić information content (AvgIpc) is 2.82. The summed E-state index contributed by atoms with van der Waals surface area (Å²) in [4.78, 5) is 0. The Bertz CT molecular complexity index is 704. The van der Waals surface area contributed by atoms with E-state index in [2.05, 4.69) is 37.3 Å². The summed E-state index contributed by atoms with van der Waals surface area (Å²) >= 11 is 0. The minimum absolute atomic E-state index is 0.812. The molecule has 0 spiro atoms. The normalized spacial score (nSPS) is 27.0. The Morgan fingerprint density at radius 2 is 1.39 bits per heavy atom. The van der Waals surface area contributed by atoms with Crippen LogP contribution in [0.15, 0.2) is 48.6 Å². The van der Waals surface area contributed by atoms with Gasteiger partial charge in [0.2, 0.25) is 0 Å². The first kappa shape index (κ1) is 23.8. The Morgan fingerprint density at radius 3 is 1.97 bits per heavy atom. The van der Waals surface area contributed by atoms with E-state index in [1.54, 1.807) is 11.6 Å². The van der Waals surface area contributed by atoms with Crippen molar-refractivity contribution in [3.05, 3.63) is 59.7 Å². The van der Waals surface area contributed by atoms with E-state index in [1.165, 1.54) is 89.0 Å². The topological polar surface area (TPSA) is 23.8 Å². The molecule has 0 radical (unpaired) electrons. The molecule has 1 aromatic rings. The Morgan fingerprint density at radius 1 is 0.806 bits per heavy atom. The van der Waals surface area contributed by atoms with Crippen LogP contribution < -0.4 is 0 Å². The first-order valence-corrected chi connectivity index (χ1v) is 13.1. The predicted molar refractivity (Wildman–Crippen MR) is 133 cm³/mol. The van der Waals surface area contributed by atoms with E-state index >= 15 is 0 Å². The van der Waals surface area contributed by atoms with Gasteiger partial charge in [-0.2, -0.15) is 5.26 Å². The van der Waals surface area contributed by atoms with Crippen molar-refractivity contribution in [3.63, 3.8) is 0 Å². The Labute approximate surface area is 191 Å². The van der Waals surface area contributed by atoms with Crippen LogP contribution in [0.3, 0.4) is 0 Å². The van der Waals surface area contributed by atoms with Crippen LogP contribution in [0.2, 0.25) is 0 Å². The van der Waals surface area contributed by atoms with Crippen molar-refractivity contribution in [1.29, 1.82) is 5.26 Å². The van der Waals surface area contributed by atoms with Crippen LogP contribution in [0, 0.1) is 29.1 Å². The van der Waals surface area contributed by atoms with Gasteiger partial charge in [0.25, 0.3) is 0 Å². The maximum Gasteiger partial charge on any atom is 0.0912 e. The van der Waals surface area contributed by atoms with Crippen LogP contribution >= 0.6 is 0 Å². The smallest absolute Gasteiger partial charge is 0.0912 e. The van der Waals surface area contributed by atoms with Crippen molar-refractivity contribution in [2.45, 2.75) is 103 Å². The monoisotopic (exact) mass is 417 g/mol. The molecule has 0 heterocycles. The third-order valence-electron chi connectivity index (χ3n) is 7.95. The van der Waals surface area contributed by atoms with E-state index in [-0.39, 0.29) is 0 Å². The first-order chi connectivity index (χ1) is 15.3. The molecule has 0 aliphatic heterocycles. The number of aryl methyl sites for hydroxylation is 1. The zero-order valence-electron chi connectivity index (χ0n) is 19.8. The second-order valence-corrected chi connectivity index (χ2v) is 10.2. The molecule has 1 aromatic carbocycles. The van der Waals surface area contributed by atoms with Gasteiger partial charge in [0, 0.05) is 6.08 Å². The third-order valence-corrected chi connectivity index (χ3v) is 7.95. The number of allylic oxidation sites excluding steroid dienone is 4. The van der Waals surface area contributed by atoms with Gasteiger partial charge in [-0.3, -0.25) is 0 Å². The highest BCUT2D eigenvalue weighted by molar-refractivity contribution is 5.25. The number of rotatable bonds is 10. The zero-order chi connectivity index (χ0) is 21.7. The van der Waals surface area contributed by atoms with E-state index in [0.29, 0.717) is 0 Å². The summed E-state index contributed by atoms with van der Waals surface area (Å²) in [7, 11) is 0. The summed E-state index contributed by atoms with van der Waals surface area (Å²) in [6, 6.07) is 11.6. The molecule has 2 aliphatic carbocycles. The minimum Gasteiger partial charge on any atom is -0.193 e. The largest absolute Gasteiger partial charge is 0.193 e. The lowest BCUT2D eigenvalue weighted by molar-refractivity contribution is 0.225. The molecule has 0 N–H and O–H groups in total. The molecule has 3 rings (SSSR count). The summed E-state index contributed by atoms with van der Waals surface area (Å²) in [5.74, 6) is 3.72. The molecule has 0 amide bonds. The standard InChI is InChI=1S/C30H43N/c1-2-8-25-16-20-29(21-17-25)30-22-18-28(19-23-30)15-14-27-12-10-26(11-13-27)9-6-4-3-5-7-24-31/h3-5,7,16-17,20-21,26-28,30H,2,6,8-15,18-19,22-23H2,1H3/b4-3+,7-5+/t26-,27-,28-,30-. The van der Waals surface area contributed by atoms with Crippen LogP contribution in [-0.2, 0) is 6.42 Å². The van der Waals surface area contributed by atoms with Gasteiger partial charge in [0.05, 0.1) is 6.07 Å². The van der Waals surface area contributed by atoms with E-state index in [4.69, 9.17) is 5.26 Å². The van der Waals surface area contributed by atoms with E-state index in [1.807, 2.05) is 18.2 Å². The molecular formula is C30H43N. The van der Waals surface area contributed by atoms with Gasteiger partial charge in [-0.15, -0.1) is 0 Å². The number of hydrogen-bond donors (Lipinski definition) is 0. The number of hydrogen-bond acceptors (Lipinski definition) is 1. The van der Waals surface area contributed by atoms with Gasteiger partial charge >= 0.3 is 0 Å². The second-order valence-electron chi connectivity index (χ2n) is 10.2. The van der Waals surface area contributed by atoms with Gasteiger partial charge in [0.15, 0.2) is 0 Å². The summed E-state index contributed by atoms with van der Waals surface area (Å²) in [5, 5.41) is 8.49. The molecule has 0 atom stereocenters. The van der Waals surface area contributed by atoms with Gasteiger partial charge in [0.1, 0.15) is 0 Å². The number of nitrogens with zero attached hydrogens (tertiary/aromatic N) is 1. The maximum absolute atomic E-state index is 8.49. The molecule has 1 nitrogen and oxygen atoms in total. The minimum atomic E-state index is 0.812. The quantitative estimate of drug-likeness (QED) is 0.275. The molecule has 0 saturated heterocycles. The van der Waals surface area contributed by atoms with Crippen molar-refractivity contribution in [1.82, 2.24) is 0 Å². The molecular weight excluding hydrogens is 374 g/mol. The van der Waals surface area contributed by atoms with Gasteiger partial charge in [-0.25, -0.2) is 0 Å². The Kier molecular flexibility index (Phi) is 10.4. The Balaban J connectivity index is 1.28. The summed E-state index contributed by atoms with van der Waals surface area (Å²) < 4.78 is 0. The fraction of sp³-hybridized carbons (Fsp3) is 0.633. The lowest BCUT2D eigenvalue weighted by atomic mass is 9.74. The molecule has 0 aromatic heterocycles. The highest BCUT2D eigenvalue weighted by Gasteiger charge is 2.25. The lowest BCUT2D eigenvalue weighted by Crippen LogP contribution is -2.17. The number of benzene rings is 1. The van der Waals surface area contributed by atoms with Gasteiger partial charge in [-0.05, 0) is 79.7 Å². The second kappa shape index (κ2) is 13.6. The first-order valence-electron chi connectivity index (χ1n) is 13.1. The predicted octanol–water partition coefficient (Wildman–Crippen LogP) is 8.92. The molecule has 2 saturated carbocycles. The summed E-state index contributed by atoms with van der Waals surface area (Å²) in [6.07, 6.45) is 27.0. The Hall–Kier alpha value is -1.81. The zero-order valence-corrected chi connectivity index (χ0v) is 19.8. The van der Waals surface area contributed by atoms with E-state index < -0.39 is 0 Å². The van der Waals surface area contributed by atoms with Crippen LogP contribution in [0.5, 0.6) is 0 Å². The van der Waals surface area contributed by atoms with Crippen molar-refractivity contribution >= 4 is 0 Å². The molecule has 168 valence electrons.